The summed E-state index contributed by atoms with van der Waals surface area (Å²) in [6.07, 6.45) is 4.60. The molecule has 0 aliphatic rings. The van der Waals surface area contributed by atoms with Crippen molar-refractivity contribution in [2.75, 3.05) is 5.32 Å². The Bertz CT molecular complexity index is 562. The van der Waals surface area contributed by atoms with Crippen LogP contribution in [0.4, 0.5) is 5.69 Å². The van der Waals surface area contributed by atoms with E-state index in [-0.39, 0.29) is 5.91 Å². The number of rotatable bonds is 2. The smallest absolute Gasteiger partial charge is 0.255 e. The van der Waals surface area contributed by atoms with Crippen LogP contribution >= 0.6 is 27.5 Å². The Morgan fingerprint density at radius 2 is 2.18 bits per heavy atom. The molecule has 86 valence electrons. The third-order valence-corrected chi connectivity index (χ3v) is 2.77. The highest BCUT2D eigenvalue weighted by Crippen LogP contribution is 2.20. The summed E-state index contributed by atoms with van der Waals surface area (Å²) >= 11 is 9.11. The molecule has 0 unspecified atom stereocenters. The number of nitrogens with zero attached hydrogens (tertiary/aromatic N) is 2. The first-order chi connectivity index (χ1) is 8.16. The van der Waals surface area contributed by atoms with Crippen LogP contribution in [0, 0.1) is 0 Å². The number of amides is 1. The van der Waals surface area contributed by atoms with Gasteiger partial charge in [-0.15, -0.1) is 0 Å². The Labute approximate surface area is 111 Å². The number of halogens is 2. The van der Waals surface area contributed by atoms with Gasteiger partial charge in [0.25, 0.3) is 5.91 Å². The van der Waals surface area contributed by atoms with E-state index in [4.69, 9.17) is 11.6 Å². The van der Waals surface area contributed by atoms with Crippen molar-refractivity contribution in [3.63, 3.8) is 0 Å². The van der Waals surface area contributed by atoms with Crippen LogP contribution in [-0.4, -0.2) is 15.9 Å². The molecule has 4 nitrogen and oxygen atoms in total. The van der Waals surface area contributed by atoms with E-state index in [0.717, 1.165) is 0 Å². The van der Waals surface area contributed by atoms with Crippen molar-refractivity contribution in [2.24, 2.45) is 0 Å². The molecule has 0 fully saturated rings. The minimum Gasteiger partial charge on any atom is -0.319 e. The first-order valence-electron chi connectivity index (χ1n) is 4.69. The normalized spacial score (nSPS) is 10.0. The number of anilines is 1. The zero-order valence-electron chi connectivity index (χ0n) is 8.52. The van der Waals surface area contributed by atoms with Gasteiger partial charge in [-0.2, -0.15) is 0 Å². The summed E-state index contributed by atoms with van der Waals surface area (Å²) in [6, 6.07) is 4.85. The average Bonchev–Trinajstić information content (AvgIpc) is 2.32. The van der Waals surface area contributed by atoms with Crippen molar-refractivity contribution in [3.05, 3.63) is 52.0 Å². The second-order valence-electron chi connectivity index (χ2n) is 3.18. The van der Waals surface area contributed by atoms with Crippen LogP contribution < -0.4 is 5.32 Å². The van der Waals surface area contributed by atoms with Gasteiger partial charge in [-0.05, 0) is 34.1 Å². The third kappa shape index (κ3) is 3.01. The zero-order valence-corrected chi connectivity index (χ0v) is 10.9. The number of carbonyl (C=O) groups is 1. The summed E-state index contributed by atoms with van der Waals surface area (Å²) in [7, 11) is 0. The maximum Gasteiger partial charge on any atom is 0.255 e. The quantitative estimate of drug-likeness (QED) is 0.867. The second-order valence-corrected chi connectivity index (χ2v) is 4.40. The van der Waals surface area contributed by atoms with Crippen LogP contribution in [0.5, 0.6) is 0 Å². The van der Waals surface area contributed by atoms with Crippen molar-refractivity contribution >= 4 is 39.1 Å². The maximum atomic E-state index is 11.9. The molecule has 2 rings (SSSR count). The van der Waals surface area contributed by atoms with Crippen LogP contribution in [-0.2, 0) is 0 Å². The summed E-state index contributed by atoms with van der Waals surface area (Å²) in [4.78, 5) is 19.7. The first kappa shape index (κ1) is 12.0. The third-order valence-electron chi connectivity index (χ3n) is 2.00. The molecular formula is C11H7BrClN3O. The van der Waals surface area contributed by atoms with Crippen molar-refractivity contribution in [1.82, 2.24) is 9.97 Å². The van der Waals surface area contributed by atoms with Gasteiger partial charge >= 0.3 is 0 Å². The van der Waals surface area contributed by atoms with Crippen LogP contribution in [0.1, 0.15) is 10.4 Å². The molecule has 0 saturated carbocycles. The number of pyridine rings is 2. The molecule has 0 aliphatic heterocycles. The van der Waals surface area contributed by atoms with Crippen molar-refractivity contribution in [1.29, 1.82) is 0 Å². The van der Waals surface area contributed by atoms with Gasteiger partial charge in [-0.25, -0.2) is 4.98 Å². The Balaban J connectivity index is 2.20. The predicted octanol–water partition coefficient (Wildman–Crippen LogP) is 3.14. The molecule has 0 spiro atoms. The molecule has 0 saturated heterocycles. The van der Waals surface area contributed by atoms with Gasteiger partial charge < -0.3 is 5.32 Å². The fourth-order valence-electron chi connectivity index (χ4n) is 1.21. The molecule has 0 aliphatic carbocycles. The molecule has 2 heterocycles. The van der Waals surface area contributed by atoms with E-state index >= 15 is 0 Å². The van der Waals surface area contributed by atoms with E-state index in [0.29, 0.717) is 20.9 Å². The van der Waals surface area contributed by atoms with Crippen molar-refractivity contribution in [3.8, 4) is 0 Å². The van der Waals surface area contributed by atoms with Crippen LogP contribution in [0.2, 0.25) is 5.02 Å². The van der Waals surface area contributed by atoms with Gasteiger partial charge in [-0.1, -0.05) is 11.6 Å². The van der Waals surface area contributed by atoms with Gasteiger partial charge in [0.1, 0.15) is 4.60 Å². The maximum absolute atomic E-state index is 11.9. The van der Waals surface area contributed by atoms with Crippen molar-refractivity contribution in [2.45, 2.75) is 0 Å². The summed E-state index contributed by atoms with van der Waals surface area (Å²) in [5.41, 5.74) is 0.971. The highest BCUT2D eigenvalue weighted by Gasteiger charge is 2.08. The van der Waals surface area contributed by atoms with E-state index in [1.807, 2.05) is 0 Å². The van der Waals surface area contributed by atoms with Gasteiger partial charge in [-0.3, -0.25) is 9.78 Å². The summed E-state index contributed by atoms with van der Waals surface area (Å²) < 4.78 is 0.599. The molecule has 2 aromatic heterocycles. The van der Waals surface area contributed by atoms with E-state index in [2.05, 4.69) is 31.2 Å². The van der Waals surface area contributed by atoms with Crippen LogP contribution in [0.3, 0.4) is 0 Å². The lowest BCUT2D eigenvalue weighted by Gasteiger charge is -2.06. The molecule has 0 atom stereocenters. The fourth-order valence-corrected chi connectivity index (χ4v) is 1.72. The van der Waals surface area contributed by atoms with E-state index in [1.54, 1.807) is 30.6 Å². The Hall–Kier alpha value is -1.46. The second kappa shape index (κ2) is 5.25. The summed E-state index contributed by atoms with van der Waals surface area (Å²) in [5.74, 6) is -0.261. The lowest BCUT2D eigenvalue weighted by molar-refractivity contribution is 0.102. The largest absolute Gasteiger partial charge is 0.319 e. The van der Waals surface area contributed by atoms with E-state index in [9.17, 15) is 4.79 Å². The monoisotopic (exact) mass is 311 g/mol. The summed E-state index contributed by atoms with van der Waals surface area (Å²) in [6.45, 7) is 0. The lowest BCUT2D eigenvalue weighted by Crippen LogP contribution is -2.12. The van der Waals surface area contributed by atoms with Gasteiger partial charge in [0.05, 0.1) is 16.9 Å². The highest BCUT2D eigenvalue weighted by atomic mass is 79.9. The van der Waals surface area contributed by atoms with Gasteiger partial charge in [0, 0.05) is 18.0 Å². The number of nitrogens with one attached hydrogen (secondary N) is 1. The van der Waals surface area contributed by atoms with E-state index < -0.39 is 0 Å². The zero-order chi connectivity index (χ0) is 12.3. The van der Waals surface area contributed by atoms with E-state index in [1.165, 1.54) is 6.20 Å². The van der Waals surface area contributed by atoms with Gasteiger partial charge in [0.15, 0.2) is 0 Å². The lowest BCUT2D eigenvalue weighted by atomic mass is 10.2. The fraction of sp³-hybridized carbons (Fsp3) is 0. The summed E-state index contributed by atoms with van der Waals surface area (Å²) in [5, 5.41) is 3.12. The van der Waals surface area contributed by atoms with Crippen molar-refractivity contribution < 1.29 is 4.79 Å². The first-order valence-corrected chi connectivity index (χ1v) is 5.86. The number of hydrogen-bond donors (Lipinski definition) is 1. The van der Waals surface area contributed by atoms with Crippen LogP contribution in [0.15, 0.2) is 41.4 Å². The topological polar surface area (TPSA) is 54.9 Å². The Kier molecular flexibility index (Phi) is 3.71. The molecule has 2 aromatic rings. The minimum atomic E-state index is -0.261. The molecule has 17 heavy (non-hydrogen) atoms. The number of hydrogen-bond acceptors (Lipinski definition) is 3. The Morgan fingerprint density at radius 3 is 2.88 bits per heavy atom. The number of carbonyl (C=O) groups excluding carboxylic acids is 1. The predicted molar refractivity (Wildman–Crippen MR) is 69.1 cm³/mol. The SMILES string of the molecule is O=C(Nc1cnccc1Cl)c1ccnc(Br)c1. The molecule has 0 radical (unpaired) electrons. The molecule has 0 bridgehead atoms. The molecule has 6 heteroatoms. The van der Waals surface area contributed by atoms with Gasteiger partial charge in [0.2, 0.25) is 0 Å². The minimum absolute atomic E-state index is 0.261. The molecule has 1 amide bonds. The van der Waals surface area contributed by atoms with Crippen LogP contribution in [0.25, 0.3) is 0 Å². The molecule has 1 N–H and O–H groups in total. The molecule has 0 aromatic carbocycles. The standard InChI is InChI=1S/C11H7BrClN3O/c12-10-5-7(1-4-15-10)11(17)16-9-6-14-3-2-8(9)13/h1-6H,(H,16,17). The molecular weight excluding hydrogens is 305 g/mol. The highest BCUT2D eigenvalue weighted by molar-refractivity contribution is 9.10. The number of aromatic nitrogens is 2. The average molecular weight is 313 g/mol. The Morgan fingerprint density at radius 1 is 1.35 bits per heavy atom.